The highest BCUT2D eigenvalue weighted by molar-refractivity contribution is 7.87. The molecule has 7 heteroatoms. The zero-order valence-corrected chi connectivity index (χ0v) is 11.5. The number of hydrogen-bond donors (Lipinski definition) is 3. The molecule has 0 bridgehead atoms. The lowest BCUT2D eigenvalue weighted by molar-refractivity contribution is 0.512. The minimum absolute atomic E-state index is 0. The molecule has 5 nitrogen and oxygen atoms in total. The molecule has 1 atom stereocenters. The van der Waals surface area contributed by atoms with Crippen LogP contribution in [0, 0.1) is 5.92 Å². The normalized spacial score (nSPS) is 21.1. The van der Waals surface area contributed by atoms with Crippen molar-refractivity contribution in [3.63, 3.8) is 0 Å². The monoisotopic (exact) mass is 271 g/mol. The van der Waals surface area contributed by atoms with E-state index < -0.39 is 10.2 Å². The van der Waals surface area contributed by atoms with Gasteiger partial charge in [-0.3, -0.25) is 0 Å². The maximum Gasteiger partial charge on any atom is 0.277 e. The first-order valence-electron chi connectivity index (χ1n) is 5.47. The van der Waals surface area contributed by atoms with Crippen LogP contribution in [0.4, 0.5) is 0 Å². The Morgan fingerprint density at radius 3 is 2.62 bits per heavy atom. The van der Waals surface area contributed by atoms with Crippen LogP contribution < -0.4 is 14.8 Å². The standard InChI is InChI=1S/C9H21N3O2S.ClH/c1-8(2)12-15(13,14)11-6-4-9-3-5-10-7-9;/h8-12H,3-7H2,1-2H3;1H. The van der Waals surface area contributed by atoms with Crippen LogP contribution in [-0.2, 0) is 10.2 Å². The van der Waals surface area contributed by atoms with Gasteiger partial charge in [0.1, 0.15) is 0 Å². The van der Waals surface area contributed by atoms with Gasteiger partial charge in [-0.1, -0.05) is 0 Å². The Morgan fingerprint density at radius 1 is 1.44 bits per heavy atom. The molecular formula is C9H22ClN3O2S. The van der Waals surface area contributed by atoms with Gasteiger partial charge in [-0.05, 0) is 45.7 Å². The van der Waals surface area contributed by atoms with Crippen molar-refractivity contribution in [3.8, 4) is 0 Å². The van der Waals surface area contributed by atoms with Gasteiger partial charge in [-0.15, -0.1) is 12.4 Å². The minimum Gasteiger partial charge on any atom is -0.316 e. The molecule has 0 spiro atoms. The maximum absolute atomic E-state index is 11.4. The van der Waals surface area contributed by atoms with E-state index in [9.17, 15) is 8.42 Å². The molecule has 16 heavy (non-hydrogen) atoms. The SMILES string of the molecule is CC(C)NS(=O)(=O)NCCC1CCNC1.Cl. The summed E-state index contributed by atoms with van der Waals surface area (Å²) in [6.07, 6.45) is 2.06. The van der Waals surface area contributed by atoms with Gasteiger partial charge in [0.2, 0.25) is 0 Å². The Hall–Kier alpha value is 0.120. The predicted molar refractivity (Wildman–Crippen MR) is 68.0 cm³/mol. The Bertz CT molecular complexity index is 276. The summed E-state index contributed by atoms with van der Waals surface area (Å²) in [6, 6.07) is -0.0596. The molecule has 0 radical (unpaired) electrons. The van der Waals surface area contributed by atoms with Crippen LogP contribution in [0.5, 0.6) is 0 Å². The number of halogens is 1. The van der Waals surface area contributed by atoms with E-state index in [0.29, 0.717) is 12.5 Å². The van der Waals surface area contributed by atoms with E-state index in [0.717, 1.165) is 25.9 Å². The molecular weight excluding hydrogens is 250 g/mol. The first-order valence-corrected chi connectivity index (χ1v) is 6.95. The quantitative estimate of drug-likeness (QED) is 0.648. The Labute approximate surface area is 104 Å². The lowest BCUT2D eigenvalue weighted by atomic mass is 10.1. The smallest absolute Gasteiger partial charge is 0.277 e. The summed E-state index contributed by atoms with van der Waals surface area (Å²) in [6.45, 7) is 6.20. The van der Waals surface area contributed by atoms with Crippen LogP contribution in [0.25, 0.3) is 0 Å². The van der Waals surface area contributed by atoms with Crippen molar-refractivity contribution in [2.24, 2.45) is 5.92 Å². The van der Waals surface area contributed by atoms with Gasteiger partial charge in [-0.2, -0.15) is 13.1 Å². The van der Waals surface area contributed by atoms with Crippen molar-refractivity contribution in [1.82, 2.24) is 14.8 Å². The van der Waals surface area contributed by atoms with Crippen LogP contribution in [0.15, 0.2) is 0 Å². The highest BCUT2D eigenvalue weighted by Crippen LogP contribution is 2.10. The van der Waals surface area contributed by atoms with Gasteiger partial charge >= 0.3 is 0 Å². The molecule has 1 fully saturated rings. The van der Waals surface area contributed by atoms with Gasteiger partial charge in [0, 0.05) is 12.6 Å². The lowest BCUT2D eigenvalue weighted by Crippen LogP contribution is -2.41. The molecule has 1 aliphatic rings. The van der Waals surface area contributed by atoms with Crippen LogP contribution >= 0.6 is 12.4 Å². The Morgan fingerprint density at radius 2 is 2.12 bits per heavy atom. The van der Waals surface area contributed by atoms with Crippen LogP contribution in [0.1, 0.15) is 26.7 Å². The third-order valence-electron chi connectivity index (χ3n) is 2.40. The highest BCUT2D eigenvalue weighted by Gasteiger charge is 2.16. The molecule has 3 N–H and O–H groups in total. The molecule has 0 amide bonds. The van der Waals surface area contributed by atoms with E-state index >= 15 is 0 Å². The average Bonchev–Trinajstić information content (AvgIpc) is 2.53. The van der Waals surface area contributed by atoms with E-state index in [-0.39, 0.29) is 18.4 Å². The fraction of sp³-hybridized carbons (Fsp3) is 1.00. The highest BCUT2D eigenvalue weighted by atomic mass is 35.5. The molecule has 98 valence electrons. The maximum atomic E-state index is 11.4. The van der Waals surface area contributed by atoms with Crippen molar-refractivity contribution in [2.75, 3.05) is 19.6 Å². The molecule has 0 aliphatic carbocycles. The summed E-state index contributed by atoms with van der Waals surface area (Å²) in [4.78, 5) is 0. The van der Waals surface area contributed by atoms with Crippen molar-refractivity contribution in [1.29, 1.82) is 0 Å². The van der Waals surface area contributed by atoms with E-state index in [1.54, 1.807) is 13.8 Å². The van der Waals surface area contributed by atoms with Crippen LogP contribution in [-0.4, -0.2) is 34.1 Å². The van der Waals surface area contributed by atoms with Crippen molar-refractivity contribution in [2.45, 2.75) is 32.7 Å². The molecule has 1 saturated heterocycles. The van der Waals surface area contributed by atoms with Gasteiger partial charge in [0.25, 0.3) is 10.2 Å². The third kappa shape index (κ3) is 6.65. The first-order chi connectivity index (χ1) is 6.99. The molecule has 0 saturated carbocycles. The summed E-state index contributed by atoms with van der Waals surface area (Å²) in [5.41, 5.74) is 0. The topological polar surface area (TPSA) is 70.2 Å². The van der Waals surface area contributed by atoms with Crippen molar-refractivity contribution in [3.05, 3.63) is 0 Å². The summed E-state index contributed by atoms with van der Waals surface area (Å²) >= 11 is 0. The van der Waals surface area contributed by atoms with E-state index in [1.807, 2.05) is 0 Å². The number of nitrogens with one attached hydrogen (secondary N) is 3. The van der Waals surface area contributed by atoms with Gasteiger partial charge in [0.15, 0.2) is 0 Å². The van der Waals surface area contributed by atoms with E-state index in [1.165, 1.54) is 0 Å². The summed E-state index contributed by atoms with van der Waals surface area (Å²) in [5, 5.41) is 3.26. The van der Waals surface area contributed by atoms with E-state index in [2.05, 4.69) is 14.8 Å². The second kappa shape index (κ2) is 7.45. The molecule has 0 aromatic carbocycles. The zero-order valence-electron chi connectivity index (χ0n) is 9.82. The number of rotatable bonds is 6. The molecule has 1 heterocycles. The third-order valence-corrected chi connectivity index (χ3v) is 3.76. The van der Waals surface area contributed by atoms with Gasteiger partial charge in [0.05, 0.1) is 0 Å². The van der Waals surface area contributed by atoms with Crippen molar-refractivity contribution >= 4 is 22.6 Å². The summed E-state index contributed by atoms with van der Waals surface area (Å²) in [7, 11) is -3.29. The van der Waals surface area contributed by atoms with Crippen molar-refractivity contribution < 1.29 is 8.42 Å². The largest absolute Gasteiger partial charge is 0.316 e. The molecule has 0 aromatic heterocycles. The lowest BCUT2D eigenvalue weighted by Gasteiger charge is -2.12. The van der Waals surface area contributed by atoms with Crippen LogP contribution in [0.3, 0.4) is 0 Å². The van der Waals surface area contributed by atoms with Gasteiger partial charge in [-0.25, -0.2) is 4.72 Å². The Balaban J connectivity index is 0.00000225. The van der Waals surface area contributed by atoms with Gasteiger partial charge < -0.3 is 5.32 Å². The minimum atomic E-state index is -3.29. The fourth-order valence-corrected chi connectivity index (χ4v) is 2.80. The first kappa shape index (κ1) is 16.1. The van der Waals surface area contributed by atoms with Crippen LogP contribution in [0.2, 0.25) is 0 Å². The summed E-state index contributed by atoms with van der Waals surface area (Å²) < 4.78 is 27.8. The Kier molecular flexibility index (Phi) is 7.50. The van der Waals surface area contributed by atoms with E-state index in [4.69, 9.17) is 0 Å². The molecule has 1 rings (SSSR count). The molecule has 1 aliphatic heterocycles. The predicted octanol–water partition coefficient (Wildman–Crippen LogP) is 0.240. The zero-order chi connectivity index (χ0) is 11.3. The second-order valence-corrected chi connectivity index (χ2v) is 5.85. The average molecular weight is 272 g/mol. The number of hydrogen-bond acceptors (Lipinski definition) is 3. The second-order valence-electron chi connectivity index (χ2n) is 4.32. The molecule has 1 unspecified atom stereocenters. The molecule has 0 aromatic rings. The summed E-state index contributed by atoms with van der Waals surface area (Å²) in [5.74, 6) is 0.617. The fourth-order valence-electron chi connectivity index (χ4n) is 1.71.